The molecule has 0 radical (unpaired) electrons. The predicted octanol–water partition coefficient (Wildman–Crippen LogP) is 2.72. The van der Waals surface area contributed by atoms with Crippen LogP contribution in [0.1, 0.15) is 30.4 Å². The van der Waals surface area contributed by atoms with Gasteiger partial charge in [0.05, 0.1) is 6.04 Å². The highest BCUT2D eigenvalue weighted by molar-refractivity contribution is 5.79. The highest BCUT2D eigenvalue weighted by Gasteiger charge is 2.39. The van der Waals surface area contributed by atoms with Gasteiger partial charge in [-0.3, -0.25) is 4.79 Å². The Morgan fingerprint density at radius 1 is 1.25 bits per heavy atom. The van der Waals surface area contributed by atoms with Crippen molar-refractivity contribution in [3.8, 4) is 5.75 Å². The first-order valence-electron chi connectivity index (χ1n) is 8.05. The number of rotatable bonds is 7. The van der Waals surface area contributed by atoms with Crippen LogP contribution < -0.4 is 15.8 Å². The van der Waals surface area contributed by atoms with Gasteiger partial charge in [0.2, 0.25) is 5.91 Å². The number of ether oxygens (including phenoxy) is 1. The van der Waals surface area contributed by atoms with Crippen LogP contribution in [0.4, 0.5) is 4.39 Å². The molecule has 3 N–H and O–H groups in total. The summed E-state index contributed by atoms with van der Waals surface area (Å²) >= 11 is 0. The lowest BCUT2D eigenvalue weighted by atomic mass is 10.1. The van der Waals surface area contributed by atoms with Crippen LogP contribution in [-0.2, 0) is 11.4 Å². The molecule has 0 aliphatic heterocycles. The Morgan fingerprint density at radius 3 is 2.54 bits per heavy atom. The monoisotopic (exact) mass is 328 g/mol. The van der Waals surface area contributed by atoms with Crippen LogP contribution in [0.15, 0.2) is 48.5 Å². The lowest BCUT2D eigenvalue weighted by Crippen LogP contribution is -2.40. The van der Waals surface area contributed by atoms with Crippen molar-refractivity contribution in [3.05, 3.63) is 65.5 Å². The minimum Gasteiger partial charge on any atom is -0.489 e. The van der Waals surface area contributed by atoms with Gasteiger partial charge in [0, 0.05) is 12.0 Å². The molecule has 4 nitrogen and oxygen atoms in total. The van der Waals surface area contributed by atoms with Crippen LogP contribution in [0.3, 0.4) is 0 Å². The quantitative estimate of drug-likeness (QED) is 0.821. The number of hydrogen-bond acceptors (Lipinski definition) is 3. The Balaban J connectivity index is 1.51. The summed E-state index contributed by atoms with van der Waals surface area (Å²) in [5.74, 6) is 0.614. The number of primary amides is 1. The molecule has 1 aliphatic carbocycles. The molecule has 2 aromatic rings. The zero-order chi connectivity index (χ0) is 17.1. The summed E-state index contributed by atoms with van der Waals surface area (Å²) in [6, 6.07) is 14.2. The van der Waals surface area contributed by atoms with E-state index in [0.29, 0.717) is 18.6 Å². The Bertz CT molecular complexity index is 700. The molecule has 1 fully saturated rings. The molecular weight excluding hydrogens is 307 g/mol. The van der Waals surface area contributed by atoms with Gasteiger partial charge >= 0.3 is 0 Å². The van der Waals surface area contributed by atoms with Gasteiger partial charge in [-0.25, -0.2) is 4.39 Å². The second-order valence-electron chi connectivity index (χ2n) is 6.22. The highest BCUT2D eigenvalue weighted by Crippen LogP contribution is 2.41. The molecule has 1 amide bonds. The third-order valence-corrected chi connectivity index (χ3v) is 4.31. The van der Waals surface area contributed by atoms with Crippen LogP contribution in [0, 0.1) is 5.82 Å². The molecule has 5 heteroatoms. The molecule has 24 heavy (non-hydrogen) atoms. The van der Waals surface area contributed by atoms with Gasteiger partial charge in [-0.2, -0.15) is 0 Å². The summed E-state index contributed by atoms with van der Waals surface area (Å²) in [5.41, 5.74) is 7.41. The Hall–Kier alpha value is -2.40. The topological polar surface area (TPSA) is 64.3 Å². The molecule has 0 saturated heterocycles. The molecule has 0 bridgehead atoms. The zero-order valence-corrected chi connectivity index (χ0v) is 13.5. The lowest BCUT2D eigenvalue weighted by molar-refractivity contribution is -0.119. The third-order valence-electron chi connectivity index (χ3n) is 4.31. The fourth-order valence-electron chi connectivity index (χ4n) is 2.71. The first kappa shape index (κ1) is 16.5. The van der Waals surface area contributed by atoms with E-state index in [-0.39, 0.29) is 17.8 Å². The van der Waals surface area contributed by atoms with Gasteiger partial charge < -0.3 is 15.8 Å². The lowest BCUT2D eigenvalue weighted by Gasteiger charge is -2.10. The maximum Gasteiger partial charge on any atom is 0.234 e. The van der Waals surface area contributed by atoms with Crippen molar-refractivity contribution in [2.24, 2.45) is 5.73 Å². The standard InChI is InChI=1S/C19H21FN2O2/c1-12(19(21)23)22-18-10-17(18)14-4-8-16(9-5-14)24-11-13-2-6-15(20)7-3-13/h2-9,12,17-18,22H,10-11H2,1H3,(H2,21,23)/t12-,17?,18?/m0/s1. The molecule has 0 aromatic heterocycles. The van der Waals surface area contributed by atoms with Crippen molar-refractivity contribution >= 4 is 5.91 Å². The first-order valence-corrected chi connectivity index (χ1v) is 8.05. The van der Waals surface area contributed by atoms with Crippen LogP contribution >= 0.6 is 0 Å². The Kier molecular flexibility index (Phi) is 4.81. The van der Waals surface area contributed by atoms with Crippen molar-refractivity contribution in [1.29, 1.82) is 0 Å². The molecule has 3 atom stereocenters. The summed E-state index contributed by atoms with van der Waals surface area (Å²) in [5, 5.41) is 3.23. The Labute approximate surface area is 140 Å². The smallest absolute Gasteiger partial charge is 0.234 e. The van der Waals surface area contributed by atoms with Crippen LogP contribution in [0.5, 0.6) is 5.75 Å². The molecule has 0 heterocycles. The normalized spacial score (nSPS) is 20.4. The number of nitrogens with two attached hydrogens (primary N) is 1. The summed E-state index contributed by atoms with van der Waals surface area (Å²) in [7, 11) is 0. The van der Waals surface area contributed by atoms with Gasteiger partial charge in [-0.1, -0.05) is 24.3 Å². The van der Waals surface area contributed by atoms with E-state index < -0.39 is 0 Å². The number of amides is 1. The average molecular weight is 328 g/mol. The fraction of sp³-hybridized carbons (Fsp3) is 0.316. The molecule has 3 rings (SSSR count). The number of nitrogens with one attached hydrogen (secondary N) is 1. The van der Waals surface area contributed by atoms with Crippen LogP contribution in [0.25, 0.3) is 0 Å². The minimum atomic E-state index is -0.329. The van der Waals surface area contributed by atoms with Crippen molar-refractivity contribution in [1.82, 2.24) is 5.32 Å². The van der Waals surface area contributed by atoms with Crippen molar-refractivity contribution < 1.29 is 13.9 Å². The average Bonchev–Trinajstić information content (AvgIpc) is 3.34. The largest absolute Gasteiger partial charge is 0.489 e. The minimum absolute atomic E-state index is 0.249. The van der Waals surface area contributed by atoms with E-state index in [1.165, 1.54) is 17.7 Å². The van der Waals surface area contributed by atoms with E-state index in [2.05, 4.69) is 5.32 Å². The van der Waals surface area contributed by atoms with Gasteiger partial charge in [-0.15, -0.1) is 0 Å². The second-order valence-corrected chi connectivity index (χ2v) is 6.22. The molecule has 1 aliphatic rings. The SMILES string of the molecule is C[C@H](NC1CC1c1ccc(OCc2ccc(F)cc2)cc1)C(N)=O. The van der Waals surface area contributed by atoms with E-state index in [1.807, 2.05) is 24.3 Å². The summed E-state index contributed by atoms with van der Waals surface area (Å²) in [6.45, 7) is 2.19. The number of halogens is 1. The molecule has 0 spiro atoms. The fourth-order valence-corrected chi connectivity index (χ4v) is 2.71. The van der Waals surface area contributed by atoms with Crippen molar-refractivity contribution in [3.63, 3.8) is 0 Å². The number of carbonyl (C=O) groups excluding carboxylic acids is 1. The van der Waals surface area contributed by atoms with Crippen molar-refractivity contribution in [2.75, 3.05) is 0 Å². The number of benzene rings is 2. The van der Waals surface area contributed by atoms with E-state index in [4.69, 9.17) is 10.5 Å². The first-order chi connectivity index (χ1) is 11.5. The van der Waals surface area contributed by atoms with E-state index in [1.54, 1.807) is 19.1 Å². The zero-order valence-electron chi connectivity index (χ0n) is 13.5. The molecule has 2 aromatic carbocycles. The maximum absolute atomic E-state index is 12.9. The van der Waals surface area contributed by atoms with E-state index in [9.17, 15) is 9.18 Å². The van der Waals surface area contributed by atoms with Gasteiger partial charge in [-0.05, 0) is 48.7 Å². The van der Waals surface area contributed by atoms with E-state index in [0.717, 1.165) is 17.7 Å². The summed E-state index contributed by atoms with van der Waals surface area (Å²) in [6.07, 6.45) is 1.01. The third kappa shape index (κ3) is 4.11. The van der Waals surface area contributed by atoms with E-state index >= 15 is 0 Å². The Morgan fingerprint density at radius 2 is 1.92 bits per heavy atom. The van der Waals surface area contributed by atoms with Crippen LogP contribution in [-0.4, -0.2) is 18.0 Å². The maximum atomic E-state index is 12.9. The summed E-state index contributed by atoms with van der Waals surface area (Å²) < 4.78 is 18.6. The molecule has 2 unspecified atom stereocenters. The van der Waals surface area contributed by atoms with Crippen molar-refractivity contribution in [2.45, 2.75) is 38.0 Å². The second kappa shape index (κ2) is 7.01. The summed E-state index contributed by atoms with van der Waals surface area (Å²) in [4.78, 5) is 11.1. The van der Waals surface area contributed by atoms with Gasteiger partial charge in [0.15, 0.2) is 0 Å². The van der Waals surface area contributed by atoms with Crippen LogP contribution in [0.2, 0.25) is 0 Å². The number of carbonyl (C=O) groups is 1. The highest BCUT2D eigenvalue weighted by atomic mass is 19.1. The molecular formula is C19H21FN2O2. The molecule has 126 valence electrons. The molecule has 1 saturated carbocycles. The van der Waals surface area contributed by atoms with Gasteiger partial charge in [0.25, 0.3) is 0 Å². The predicted molar refractivity (Wildman–Crippen MR) is 90.1 cm³/mol. The van der Waals surface area contributed by atoms with Gasteiger partial charge in [0.1, 0.15) is 18.2 Å². The number of hydrogen-bond donors (Lipinski definition) is 2.